The lowest BCUT2D eigenvalue weighted by Gasteiger charge is -2.09. The van der Waals surface area contributed by atoms with E-state index in [1.54, 1.807) is 13.8 Å². The highest BCUT2D eigenvalue weighted by Crippen LogP contribution is 2.27. The summed E-state index contributed by atoms with van der Waals surface area (Å²) >= 11 is 5.57. The van der Waals surface area contributed by atoms with Gasteiger partial charge in [-0.25, -0.2) is 4.39 Å². The van der Waals surface area contributed by atoms with Gasteiger partial charge >= 0.3 is 0 Å². The number of nitrogens with zero attached hydrogens (tertiary/aromatic N) is 2. The Morgan fingerprint density at radius 1 is 1.39 bits per heavy atom. The Kier molecular flexibility index (Phi) is 3.09. The molecule has 2 aromatic rings. The number of aromatic nitrogens is 2. The van der Waals surface area contributed by atoms with Gasteiger partial charge in [0.25, 0.3) is 5.56 Å². The van der Waals surface area contributed by atoms with Crippen LogP contribution in [0.5, 0.6) is 5.75 Å². The number of rotatable bonds is 1. The first kappa shape index (κ1) is 12.6. The molecule has 0 fully saturated rings. The molecular weight excluding hydrogens is 259 g/mol. The second-order valence-corrected chi connectivity index (χ2v) is 4.33. The first-order valence-corrected chi connectivity index (χ1v) is 5.53. The van der Waals surface area contributed by atoms with Crippen molar-refractivity contribution in [2.45, 2.75) is 13.8 Å². The van der Waals surface area contributed by atoms with Crippen LogP contribution < -0.4 is 5.56 Å². The minimum absolute atomic E-state index is 0.117. The molecule has 0 saturated heterocycles. The van der Waals surface area contributed by atoms with Crippen molar-refractivity contribution in [3.8, 4) is 11.4 Å². The molecule has 0 spiro atoms. The SMILES string of the molecule is Cc1cnn(-c2cc(O)c(Cl)cc2F)c(=O)c1C. The van der Waals surface area contributed by atoms with Crippen LogP contribution in [-0.4, -0.2) is 14.9 Å². The summed E-state index contributed by atoms with van der Waals surface area (Å²) in [6.45, 7) is 3.37. The van der Waals surface area contributed by atoms with Gasteiger partial charge in [0.2, 0.25) is 0 Å². The van der Waals surface area contributed by atoms with Crippen molar-refractivity contribution in [1.82, 2.24) is 9.78 Å². The Morgan fingerprint density at radius 3 is 2.72 bits per heavy atom. The number of benzene rings is 1. The Bertz CT molecular complexity index is 683. The van der Waals surface area contributed by atoms with Crippen molar-refractivity contribution in [1.29, 1.82) is 0 Å². The van der Waals surface area contributed by atoms with Crippen molar-refractivity contribution in [3.05, 3.63) is 50.7 Å². The van der Waals surface area contributed by atoms with E-state index >= 15 is 0 Å². The average Bonchev–Trinajstić information content (AvgIpc) is 2.32. The van der Waals surface area contributed by atoms with E-state index in [1.165, 1.54) is 6.20 Å². The highest BCUT2D eigenvalue weighted by atomic mass is 35.5. The summed E-state index contributed by atoms with van der Waals surface area (Å²) in [5.41, 5.74) is 0.620. The zero-order valence-corrected chi connectivity index (χ0v) is 10.5. The fourth-order valence-corrected chi connectivity index (χ4v) is 1.63. The third kappa shape index (κ3) is 1.97. The van der Waals surface area contributed by atoms with Gasteiger partial charge in [-0.05, 0) is 25.5 Å². The van der Waals surface area contributed by atoms with Gasteiger partial charge in [0.15, 0.2) is 5.82 Å². The van der Waals surface area contributed by atoms with Crippen LogP contribution in [0.25, 0.3) is 5.69 Å². The highest BCUT2D eigenvalue weighted by molar-refractivity contribution is 6.32. The van der Waals surface area contributed by atoms with Crippen molar-refractivity contribution >= 4 is 11.6 Å². The van der Waals surface area contributed by atoms with Crippen LogP contribution in [0.15, 0.2) is 23.1 Å². The first-order valence-electron chi connectivity index (χ1n) is 5.15. The minimum Gasteiger partial charge on any atom is -0.506 e. The van der Waals surface area contributed by atoms with Crippen LogP contribution in [0.4, 0.5) is 4.39 Å². The second kappa shape index (κ2) is 4.42. The van der Waals surface area contributed by atoms with Gasteiger partial charge in [0.1, 0.15) is 11.4 Å². The molecule has 1 aromatic carbocycles. The Hall–Kier alpha value is -1.88. The molecule has 0 amide bonds. The lowest BCUT2D eigenvalue weighted by molar-refractivity contribution is 0.472. The predicted octanol–water partition coefficient (Wildman–Crippen LogP) is 2.35. The molecule has 1 N–H and O–H groups in total. The maximum absolute atomic E-state index is 13.7. The second-order valence-electron chi connectivity index (χ2n) is 3.92. The van der Waals surface area contributed by atoms with E-state index in [1.807, 2.05) is 0 Å². The fraction of sp³-hybridized carbons (Fsp3) is 0.167. The molecule has 4 nitrogen and oxygen atoms in total. The topological polar surface area (TPSA) is 55.1 Å². The lowest BCUT2D eigenvalue weighted by atomic mass is 10.2. The standard InChI is InChI=1S/C12H10ClFN2O2/c1-6-5-15-16(12(18)7(6)2)10-4-11(17)8(13)3-9(10)14/h3-5,17H,1-2H3. The van der Waals surface area contributed by atoms with Crippen LogP contribution in [0, 0.1) is 19.7 Å². The lowest BCUT2D eigenvalue weighted by Crippen LogP contribution is -2.24. The smallest absolute Gasteiger partial charge is 0.274 e. The number of hydrogen-bond donors (Lipinski definition) is 1. The molecule has 0 radical (unpaired) electrons. The summed E-state index contributed by atoms with van der Waals surface area (Å²) in [7, 11) is 0. The van der Waals surface area contributed by atoms with E-state index in [9.17, 15) is 14.3 Å². The normalized spacial score (nSPS) is 10.7. The monoisotopic (exact) mass is 268 g/mol. The van der Waals surface area contributed by atoms with E-state index in [-0.39, 0.29) is 16.5 Å². The summed E-state index contributed by atoms with van der Waals surface area (Å²) in [5.74, 6) is -1.03. The largest absolute Gasteiger partial charge is 0.506 e. The summed E-state index contributed by atoms with van der Waals surface area (Å²) in [6, 6.07) is 2.01. The van der Waals surface area contributed by atoms with Gasteiger partial charge in [-0.1, -0.05) is 11.6 Å². The zero-order chi connectivity index (χ0) is 13.4. The third-order valence-electron chi connectivity index (χ3n) is 2.72. The van der Waals surface area contributed by atoms with Gasteiger partial charge in [-0.15, -0.1) is 0 Å². The van der Waals surface area contributed by atoms with E-state index in [0.717, 1.165) is 22.4 Å². The molecule has 6 heteroatoms. The van der Waals surface area contributed by atoms with Gasteiger partial charge in [0.05, 0.1) is 11.2 Å². The fourth-order valence-electron chi connectivity index (χ4n) is 1.48. The van der Waals surface area contributed by atoms with Crippen LogP contribution in [-0.2, 0) is 0 Å². The van der Waals surface area contributed by atoms with Crippen molar-refractivity contribution in [2.24, 2.45) is 0 Å². The molecule has 0 atom stereocenters. The van der Waals surface area contributed by atoms with Crippen LogP contribution >= 0.6 is 11.6 Å². The third-order valence-corrected chi connectivity index (χ3v) is 3.02. The maximum atomic E-state index is 13.7. The predicted molar refractivity (Wildman–Crippen MR) is 65.9 cm³/mol. The van der Waals surface area contributed by atoms with E-state index < -0.39 is 11.4 Å². The van der Waals surface area contributed by atoms with Crippen molar-refractivity contribution in [3.63, 3.8) is 0 Å². The number of phenols is 1. The number of hydrogen-bond acceptors (Lipinski definition) is 3. The highest BCUT2D eigenvalue weighted by Gasteiger charge is 2.13. The zero-order valence-electron chi connectivity index (χ0n) is 9.74. The maximum Gasteiger partial charge on any atom is 0.274 e. The molecule has 0 saturated carbocycles. The Balaban J connectivity index is 2.74. The quantitative estimate of drug-likeness (QED) is 0.864. The molecule has 18 heavy (non-hydrogen) atoms. The van der Waals surface area contributed by atoms with Gasteiger partial charge < -0.3 is 5.11 Å². The first-order chi connectivity index (χ1) is 8.41. The molecule has 0 unspecified atom stereocenters. The van der Waals surface area contributed by atoms with E-state index in [2.05, 4.69) is 5.10 Å². The molecular formula is C12H10ClFN2O2. The van der Waals surface area contributed by atoms with Crippen LogP contribution in [0.1, 0.15) is 11.1 Å². The molecule has 94 valence electrons. The van der Waals surface area contributed by atoms with Gasteiger partial charge in [0, 0.05) is 11.6 Å². The van der Waals surface area contributed by atoms with Crippen LogP contribution in [0.3, 0.4) is 0 Å². The molecule has 1 aromatic heterocycles. The van der Waals surface area contributed by atoms with E-state index in [4.69, 9.17) is 11.6 Å². The summed E-state index contributed by atoms with van der Waals surface area (Å²) in [5, 5.41) is 13.2. The number of halogens is 2. The Morgan fingerprint density at radius 2 is 2.06 bits per heavy atom. The number of aryl methyl sites for hydroxylation is 1. The molecule has 2 rings (SSSR count). The van der Waals surface area contributed by atoms with Crippen LogP contribution in [0.2, 0.25) is 5.02 Å². The molecule has 1 heterocycles. The van der Waals surface area contributed by atoms with Gasteiger partial charge in [-0.3, -0.25) is 4.79 Å². The molecule has 0 aliphatic heterocycles. The summed E-state index contributed by atoms with van der Waals surface area (Å²) < 4.78 is 14.6. The van der Waals surface area contributed by atoms with Gasteiger partial charge in [-0.2, -0.15) is 9.78 Å². The number of aromatic hydroxyl groups is 1. The van der Waals surface area contributed by atoms with Crippen molar-refractivity contribution < 1.29 is 9.50 Å². The molecule has 0 aliphatic rings. The average molecular weight is 269 g/mol. The molecule has 0 aliphatic carbocycles. The Labute approximate surface area is 107 Å². The van der Waals surface area contributed by atoms with E-state index in [0.29, 0.717) is 5.56 Å². The summed E-state index contributed by atoms with van der Waals surface area (Å²) in [4.78, 5) is 12.0. The summed E-state index contributed by atoms with van der Waals surface area (Å²) in [6.07, 6.45) is 1.46. The van der Waals surface area contributed by atoms with Crippen molar-refractivity contribution in [2.75, 3.05) is 0 Å². The minimum atomic E-state index is -0.726. The molecule has 0 bridgehead atoms. The number of phenolic OH excluding ortho intramolecular Hbond substituents is 1.